The maximum absolute atomic E-state index is 8.73. The van der Waals surface area contributed by atoms with Gasteiger partial charge in [0, 0.05) is 24.7 Å². The molecular weight excluding hydrogens is 322 g/mol. The van der Waals surface area contributed by atoms with Crippen LogP contribution in [0.3, 0.4) is 0 Å². The van der Waals surface area contributed by atoms with Crippen LogP contribution < -0.4 is 5.32 Å². The smallest absolute Gasteiger partial charge is 0.252 e. The number of hydrogen-bond donors (Lipinski definition) is 1. The van der Waals surface area contributed by atoms with E-state index in [0.29, 0.717) is 6.61 Å². The van der Waals surface area contributed by atoms with E-state index in [4.69, 9.17) is 10.00 Å². The number of nitrogens with one attached hydrogen (secondary N) is 1. The van der Waals surface area contributed by atoms with Crippen LogP contribution in [0.4, 0.5) is 0 Å². The SMILES string of the molecule is COCCNCc1ccc(-n2cnc(C#N)n2)c(Br)c1. The van der Waals surface area contributed by atoms with E-state index >= 15 is 0 Å². The molecule has 0 atom stereocenters. The lowest BCUT2D eigenvalue weighted by Gasteiger charge is -2.08. The van der Waals surface area contributed by atoms with Gasteiger partial charge in [-0.25, -0.2) is 9.67 Å². The molecule has 20 heavy (non-hydrogen) atoms. The van der Waals surface area contributed by atoms with Gasteiger partial charge < -0.3 is 10.1 Å². The van der Waals surface area contributed by atoms with Crippen LogP contribution in [0, 0.1) is 11.3 Å². The third-order valence-corrected chi connectivity index (χ3v) is 3.30. The number of nitriles is 1. The third kappa shape index (κ3) is 3.63. The van der Waals surface area contributed by atoms with Crippen LogP contribution in [0.15, 0.2) is 29.0 Å². The summed E-state index contributed by atoms with van der Waals surface area (Å²) in [6.45, 7) is 2.27. The average Bonchev–Trinajstić information content (AvgIpc) is 2.92. The largest absolute Gasteiger partial charge is 0.383 e. The molecule has 6 nitrogen and oxygen atoms in total. The van der Waals surface area contributed by atoms with Gasteiger partial charge in [-0.1, -0.05) is 6.07 Å². The monoisotopic (exact) mass is 335 g/mol. The van der Waals surface area contributed by atoms with Crippen molar-refractivity contribution in [3.05, 3.63) is 40.4 Å². The van der Waals surface area contributed by atoms with Crippen LogP contribution in [0.2, 0.25) is 0 Å². The molecule has 0 aliphatic rings. The Labute approximate surface area is 125 Å². The molecule has 104 valence electrons. The van der Waals surface area contributed by atoms with Gasteiger partial charge in [-0.05, 0) is 33.6 Å². The standard InChI is InChI=1S/C13H14BrN5O/c1-20-5-4-16-8-10-2-3-12(11(14)6-10)19-9-17-13(7-15)18-19/h2-3,6,9,16H,4-5,8H2,1H3. The Hall–Kier alpha value is -1.75. The summed E-state index contributed by atoms with van der Waals surface area (Å²) in [6.07, 6.45) is 1.52. The van der Waals surface area contributed by atoms with Crippen LogP contribution in [-0.4, -0.2) is 35.0 Å². The van der Waals surface area contributed by atoms with Crippen molar-refractivity contribution in [3.63, 3.8) is 0 Å². The van der Waals surface area contributed by atoms with Gasteiger partial charge in [0.25, 0.3) is 5.82 Å². The maximum Gasteiger partial charge on any atom is 0.252 e. The zero-order valence-corrected chi connectivity index (χ0v) is 12.6. The van der Waals surface area contributed by atoms with E-state index in [2.05, 4.69) is 31.3 Å². The van der Waals surface area contributed by atoms with Crippen molar-refractivity contribution in [2.24, 2.45) is 0 Å². The number of aromatic nitrogens is 3. The van der Waals surface area contributed by atoms with Gasteiger partial charge in [-0.3, -0.25) is 0 Å². The summed E-state index contributed by atoms with van der Waals surface area (Å²) in [5.74, 6) is 0.155. The average molecular weight is 336 g/mol. The maximum atomic E-state index is 8.73. The molecule has 0 saturated heterocycles. The fraction of sp³-hybridized carbons (Fsp3) is 0.308. The predicted octanol–water partition coefficient (Wildman–Crippen LogP) is 1.64. The van der Waals surface area contributed by atoms with Crippen molar-refractivity contribution in [1.29, 1.82) is 5.26 Å². The molecule has 0 saturated carbocycles. The number of rotatable bonds is 6. The van der Waals surface area contributed by atoms with Gasteiger partial charge in [-0.2, -0.15) is 5.26 Å². The van der Waals surface area contributed by atoms with E-state index in [-0.39, 0.29) is 5.82 Å². The lowest BCUT2D eigenvalue weighted by molar-refractivity contribution is 0.199. The number of halogens is 1. The first-order valence-corrected chi connectivity index (χ1v) is 6.84. The van der Waals surface area contributed by atoms with Crippen molar-refractivity contribution in [2.75, 3.05) is 20.3 Å². The zero-order chi connectivity index (χ0) is 14.4. The molecule has 2 aromatic rings. The normalized spacial score (nSPS) is 10.4. The summed E-state index contributed by atoms with van der Waals surface area (Å²) < 4.78 is 7.45. The Kier molecular flexibility index (Phi) is 5.24. The Morgan fingerprint density at radius 1 is 1.50 bits per heavy atom. The highest BCUT2D eigenvalue weighted by molar-refractivity contribution is 9.10. The summed E-state index contributed by atoms with van der Waals surface area (Å²) in [7, 11) is 1.68. The molecule has 0 fully saturated rings. The molecule has 0 bridgehead atoms. The van der Waals surface area contributed by atoms with E-state index < -0.39 is 0 Å². The topological polar surface area (TPSA) is 75.8 Å². The fourth-order valence-electron chi connectivity index (χ4n) is 1.68. The minimum atomic E-state index is 0.155. The number of methoxy groups -OCH3 is 1. The minimum absolute atomic E-state index is 0.155. The summed E-state index contributed by atoms with van der Waals surface area (Å²) in [4.78, 5) is 3.89. The first-order valence-electron chi connectivity index (χ1n) is 6.05. The molecule has 0 radical (unpaired) electrons. The highest BCUT2D eigenvalue weighted by Gasteiger charge is 2.06. The fourth-order valence-corrected chi connectivity index (χ4v) is 2.29. The second-order valence-electron chi connectivity index (χ2n) is 4.08. The molecule has 7 heteroatoms. The molecule has 0 unspecified atom stereocenters. The van der Waals surface area contributed by atoms with Gasteiger partial charge in [0.2, 0.25) is 0 Å². The van der Waals surface area contributed by atoms with Crippen LogP contribution in [0.5, 0.6) is 0 Å². The van der Waals surface area contributed by atoms with Gasteiger partial charge in [-0.15, -0.1) is 5.10 Å². The molecule has 1 aromatic carbocycles. The summed E-state index contributed by atoms with van der Waals surface area (Å²) in [5, 5.41) is 16.1. The molecule has 0 aliphatic carbocycles. The third-order valence-electron chi connectivity index (χ3n) is 2.66. The Morgan fingerprint density at radius 2 is 2.35 bits per heavy atom. The highest BCUT2D eigenvalue weighted by atomic mass is 79.9. The molecule has 0 aliphatic heterocycles. The van der Waals surface area contributed by atoms with Crippen LogP contribution in [0.25, 0.3) is 5.69 Å². The number of hydrogen-bond acceptors (Lipinski definition) is 5. The van der Waals surface area contributed by atoms with E-state index in [1.165, 1.54) is 6.33 Å². The Morgan fingerprint density at radius 3 is 3.00 bits per heavy atom. The summed E-state index contributed by atoms with van der Waals surface area (Å²) in [5.41, 5.74) is 2.00. The Bertz CT molecular complexity index is 619. The van der Waals surface area contributed by atoms with E-state index in [0.717, 1.165) is 28.8 Å². The molecule has 1 aromatic heterocycles. The number of benzene rings is 1. The molecule has 1 N–H and O–H groups in total. The minimum Gasteiger partial charge on any atom is -0.383 e. The lowest BCUT2D eigenvalue weighted by Crippen LogP contribution is -2.18. The van der Waals surface area contributed by atoms with Crippen LogP contribution in [0.1, 0.15) is 11.4 Å². The summed E-state index contributed by atoms with van der Waals surface area (Å²) >= 11 is 3.51. The van der Waals surface area contributed by atoms with Gasteiger partial charge in [0.05, 0.1) is 12.3 Å². The van der Waals surface area contributed by atoms with Gasteiger partial charge in [0.1, 0.15) is 12.4 Å². The second-order valence-corrected chi connectivity index (χ2v) is 4.93. The first kappa shape index (κ1) is 14.7. The molecule has 0 amide bonds. The van der Waals surface area contributed by atoms with Crippen molar-refractivity contribution in [3.8, 4) is 11.8 Å². The van der Waals surface area contributed by atoms with Crippen LogP contribution >= 0.6 is 15.9 Å². The molecule has 2 rings (SSSR count). The molecular formula is C13H14BrN5O. The lowest BCUT2D eigenvalue weighted by atomic mass is 10.2. The number of ether oxygens (including phenoxy) is 1. The molecule has 0 spiro atoms. The van der Waals surface area contributed by atoms with Crippen molar-refractivity contribution < 1.29 is 4.74 Å². The van der Waals surface area contributed by atoms with E-state index in [1.807, 2.05) is 24.3 Å². The highest BCUT2D eigenvalue weighted by Crippen LogP contribution is 2.21. The number of nitrogens with zero attached hydrogens (tertiary/aromatic N) is 4. The van der Waals surface area contributed by atoms with Crippen molar-refractivity contribution in [1.82, 2.24) is 20.1 Å². The van der Waals surface area contributed by atoms with Gasteiger partial charge in [0.15, 0.2) is 0 Å². The van der Waals surface area contributed by atoms with Crippen LogP contribution in [-0.2, 0) is 11.3 Å². The zero-order valence-electron chi connectivity index (χ0n) is 11.0. The summed E-state index contributed by atoms with van der Waals surface area (Å²) in [6, 6.07) is 7.87. The van der Waals surface area contributed by atoms with E-state index in [9.17, 15) is 0 Å². The van der Waals surface area contributed by atoms with E-state index in [1.54, 1.807) is 11.8 Å². The Balaban J connectivity index is 2.08. The first-order chi connectivity index (χ1) is 9.74. The predicted molar refractivity (Wildman–Crippen MR) is 77.4 cm³/mol. The second kappa shape index (κ2) is 7.14. The van der Waals surface area contributed by atoms with Crippen molar-refractivity contribution >= 4 is 15.9 Å². The quantitative estimate of drug-likeness (QED) is 0.812. The van der Waals surface area contributed by atoms with Gasteiger partial charge >= 0.3 is 0 Å². The molecule has 1 heterocycles. The van der Waals surface area contributed by atoms with Crippen molar-refractivity contribution in [2.45, 2.75) is 6.54 Å².